The first-order valence-corrected chi connectivity index (χ1v) is 6.17. The third kappa shape index (κ3) is 1.98. The van der Waals surface area contributed by atoms with Gasteiger partial charge in [0.1, 0.15) is 0 Å². The van der Waals surface area contributed by atoms with Crippen LogP contribution in [-0.4, -0.2) is 23.8 Å². The van der Waals surface area contributed by atoms with Gasteiger partial charge in [0.25, 0.3) is 0 Å². The minimum absolute atomic E-state index is 0.196. The van der Waals surface area contributed by atoms with Crippen LogP contribution in [-0.2, 0) is 10.3 Å². The van der Waals surface area contributed by atoms with Crippen molar-refractivity contribution in [1.29, 1.82) is 0 Å². The van der Waals surface area contributed by atoms with Gasteiger partial charge in [0.15, 0.2) is 0 Å². The number of hydrogen-bond donors (Lipinski definition) is 1. The topological polar surface area (TPSA) is 57.4 Å². The molecule has 4 nitrogen and oxygen atoms in total. The van der Waals surface area contributed by atoms with E-state index in [4.69, 9.17) is 4.55 Å². The van der Waals surface area contributed by atoms with Crippen molar-refractivity contribution >= 4 is 26.2 Å². The van der Waals surface area contributed by atoms with Crippen LogP contribution in [0.25, 0.3) is 0 Å². The van der Waals surface area contributed by atoms with Crippen LogP contribution in [0.1, 0.15) is 11.6 Å². The van der Waals surface area contributed by atoms with Crippen molar-refractivity contribution in [1.82, 2.24) is 4.31 Å². The van der Waals surface area contributed by atoms with Crippen LogP contribution in [0.5, 0.6) is 0 Å². The lowest BCUT2D eigenvalue weighted by atomic mass is 10.2. The highest BCUT2D eigenvalue weighted by Crippen LogP contribution is 2.37. The zero-order valence-corrected chi connectivity index (χ0v) is 9.49. The van der Waals surface area contributed by atoms with Crippen LogP contribution in [0.15, 0.2) is 28.7 Å². The Labute approximate surface area is 90.5 Å². The molecule has 2 atom stereocenters. The number of nitrogens with zero attached hydrogens (tertiary/aromatic N) is 1. The summed E-state index contributed by atoms with van der Waals surface area (Å²) >= 11 is 3.29. The van der Waals surface area contributed by atoms with Gasteiger partial charge in [-0.3, -0.25) is 4.55 Å². The van der Waals surface area contributed by atoms with Crippen LogP contribution in [0, 0.1) is 0 Å². The Kier molecular flexibility index (Phi) is 2.38. The van der Waals surface area contributed by atoms with Gasteiger partial charge in [-0.15, -0.1) is 0 Å². The maximum absolute atomic E-state index is 10.7. The minimum atomic E-state index is -4.02. The van der Waals surface area contributed by atoms with E-state index in [1.165, 1.54) is 0 Å². The zero-order chi connectivity index (χ0) is 10.3. The first-order chi connectivity index (χ1) is 6.48. The summed E-state index contributed by atoms with van der Waals surface area (Å²) in [6, 6.07) is 7.16. The molecule has 0 radical (unpaired) electrons. The lowest BCUT2D eigenvalue weighted by Gasteiger charge is -1.99. The maximum atomic E-state index is 10.7. The van der Waals surface area contributed by atoms with Gasteiger partial charge in [-0.2, -0.15) is 12.7 Å². The molecule has 1 aliphatic heterocycles. The van der Waals surface area contributed by atoms with Crippen molar-refractivity contribution in [3.8, 4) is 0 Å². The van der Waals surface area contributed by atoms with Crippen LogP contribution in [0.2, 0.25) is 0 Å². The quantitative estimate of drug-likeness (QED) is 0.660. The normalized spacial score (nSPS) is 26.1. The van der Waals surface area contributed by atoms with Gasteiger partial charge in [0.2, 0.25) is 0 Å². The van der Waals surface area contributed by atoms with Crippen molar-refractivity contribution in [2.45, 2.75) is 6.04 Å². The van der Waals surface area contributed by atoms with E-state index in [1.807, 2.05) is 24.3 Å². The Morgan fingerprint density at radius 1 is 1.36 bits per heavy atom. The van der Waals surface area contributed by atoms with E-state index >= 15 is 0 Å². The highest BCUT2D eigenvalue weighted by molar-refractivity contribution is 9.10. The van der Waals surface area contributed by atoms with Crippen LogP contribution in [0.4, 0.5) is 0 Å². The summed E-state index contributed by atoms with van der Waals surface area (Å²) in [6.45, 7) is 0.362. The van der Waals surface area contributed by atoms with Crippen LogP contribution >= 0.6 is 15.9 Å². The first-order valence-electron chi connectivity index (χ1n) is 3.98. The summed E-state index contributed by atoms with van der Waals surface area (Å²) in [7, 11) is -4.02. The molecule has 0 saturated carbocycles. The molecule has 1 fully saturated rings. The van der Waals surface area contributed by atoms with Crippen molar-refractivity contribution in [3.05, 3.63) is 34.3 Å². The molecule has 0 aliphatic carbocycles. The number of halogens is 1. The Hall–Kier alpha value is -0.430. The Morgan fingerprint density at radius 3 is 2.36 bits per heavy atom. The van der Waals surface area contributed by atoms with Gasteiger partial charge in [0.05, 0.1) is 6.04 Å². The maximum Gasteiger partial charge on any atom is 0.336 e. The molecule has 76 valence electrons. The Bertz CT molecular complexity index is 442. The second-order valence-corrected chi connectivity index (χ2v) is 5.40. The largest absolute Gasteiger partial charge is 0.336 e. The molecule has 0 bridgehead atoms. The van der Waals surface area contributed by atoms with Crippen molar-refractivity contribution in [3.63, 3.8) is 0 Å². The molecule has 1 aliphatic rings. The molecule has 2 unspecified atom stereocenters. The van der Waals surface area contributed by atoms with Gasteiger partial charge >= 0.3 is 10.3 Å². The molecule has 0 aromatic heterocycles. The van der Waals surface area contributed by atoms with Gasteiger partial charge in [-0.1, -0.05) is 28.1 Å². The summed E-state index contributed by atoms with van der Waals surface area (Å²) in [4.78, 5) is 0. The third-order valence-corrected chi connectivity index (χ3v) is 3.64. The molecule has 1 N–H and O–H groups in total. The second kappa shape index (κ2) is 3.30. The molecule has 1 heterocycles. The standard InChI is InChI=1S/C8H8BrNO3S/c9-7-3-1-6(2-4-7)8-5-10(8)14(11,12)13/h1-4,8H,5H2,(H,11,12,13). The van der Waals surface area contributed by atoms with E-state index in [1.54, 1.807) is 0 Å². The van der Waals surface area contributed by atoms with E-state index in [9.17, 15) is 8.42 Å². The first kappa shape index (κ1) is 10.1. The molecule has 0 amide bonds. The highest BCUT2D eigenvalue weighted by Gasteiger charge is 2.44. The number of rotatable bonds is 2. The summed E-state index contributed by atoms with van der Waals surface area (Å²) in [5, 5.41) is 0. The predicted octanol–water partition coefficient (Wildman–Crippen LogP) is 1.61. The average molecular weight is 278 g/mol. The SMILES string of the molecule is O=S(=O)(O)N1CC1c1ccc(Br)cc1. The highest BCUT2D eigenvalue weighted by atomic mass is 79.9. The molecule has 14 heavy (non-hydrogen) atoms. The second-order valence-electron chi connectivity index (χ2n) is 3.11. The monoisotopic (exact) mass is 277 g/mol. The molecular weight excluding hydrogens is 270 g/mol. The Morgan fingerprint density at radius 2 is 1.93 bits per heavy atom. The fraction of sp³-hybridized carbons (Fsp3) is 0.250. The van der Waals surface area contributed by atoms with Crippen LogP contribution < -0.4 is 0 Å². The zero-order valence-electron chi connectivity index (χ0n) is 7.09. The smallest absolute Gasteiger partial charge is 0.273 e. The van der Waals surface area contributed by atoms with Crippen molar-refractivity contribution < 1.29 is 13.0 Å². The fourth-order valence-corrected chi connectivity index (χ4v) is 2.37. The molecule has 6 heteroatoms. The van der Waals surface area contributed by atoms with Crippen molar-refractivity contribution in [2.75, 3.05) is 6.54 Å². The number of hydrogen-bond acceptors (Lipinski definition) is 2. The van der Waals surface area contributed by atoms with E-state index in [0.29, 0.717) is 6.54 Å². The van der Waals surface area contributed by atoms with Gasteiger partial charge < -0.3 is 0 Å². The summed E-state index contributed by atoms with van der Waals surface area (Å²) in [6.07, 6.45) is 0. The van der Waals surface area contributed by atoms with Crippen LogP contribution in [0.3, 0.4) is 0 Å². The molecule has 1 saturated heterocycles. The lowest BCUT2D eigenvalue weighted by Crippen LogP contribution is -2.09. The number of benzene rings is 1. The van der Waals surface area contributed by atoms with E-state index in [0.717, 1.165) is 14.3 Å². The van der Waals surface area contributed by atoms with Crippen molar-refractivity contribution in [2.24, 2.45) is 0 Å². The minimum Gasteiger partial charge on any atom is -0.273 e. The third-order valence-electron chi connectivity index (χ3n) is 2.12. The summed E-state index contributed by atoms with van der Waals surface area (Å²) in [5.41, 5.74) is 0.894. The molecule has 0 spiro atoms. The fourth-order valence-electron chi connectivity index (χ4n) is 1.33. The molecule has 1 aromatic carbocycles. The van der Waals surface area contributed by atoms with Gasteiger partial charge in [0, 0.05) is 11.0 Å². The predicted molar refractivity (Wildman–Crippen MR) is 55.1 cm³/mol. The average Bonchev–Trinajstić information content (AvgIpc) is 2.83. The van der Waals surface area contributed by atoms with E-state index in [-0.39, 0.29) is 6.04 Å². The van der Waals surface area contributed by atoms with Gasteiger partial charge in [-0.25, -0.2) is 0 Å². The van der Waals surface area contributed by atoms with E-state index in [2.05, 4.69) is 15.9 Å². The Balaban J connectivity index is 2.18. The summed E-state index contributed by atoms with van der Waals surface area (Å²) < 4.78 is 32.1. The lowest BCUT2D eigenvalue weighted by molar-refractivity contribution is 0.441. The summed E-state index contributed by atoms with van der Waals surface area (Å²) in [5.74, 6) is 0. The molecule has 1 aromatic rings. The van der Waals surface area contributed by atoms with E-state index < -0.39 is 10.3 Å². The molecular formula is C8H8BrNO3S. The van der Waals surface area contributed by atoms with Gasteiger partial charge in [-0.05, 0) is 17.7 Å². The molecule has 2 rings (SSSR count).